The zero-order chi connectivity index (χ0) is 19.1. The van der Waals surface area contributed by atoms with Gasteiger partial charge in [-0.25, -0.2) is 0 Å². The molecule has 1 aliphatic carbocycles. The Labute approximate surface area is 164 Å². The summed E-state index contributed by atoms with van der Waals surface area (Å²) in [5.74, 6) is 1.57. The molecule has 1 saturated carbocycles. The van der Waals surface area contributed by atoms with E-state index in [1.807, 2.05) is 35.0 Å². The minimum absolute atomic E-state index is 0.194. The Morgan fingerprint density at radius 1 is 1.00 bits per heavy atom. The monoisotopic (exact) mass is 375 g/mol. The molecule has 0 atom stereocenters. The maximum Gasteiger partial charge on any atom is 0.225 e. The van der Waals surface area contributed by atoms with E-state index in [0.29, 0.717) is 11.8 Å². The predicted molar refractivity (Wildman–Crippen MR) is 109 cm³/mol. The van der Waals surface area contributed by atoms with E-state index in [1.165, 1.54) is 11.1 Å². The normalized spacial score (nSPS) is 17.8. The molecule has 1 saturated heterocycles. The number of piperidine rings is 1. The van der Waals surface area contributed by atoms with Gasteiger partial charge in [0.2, 0.25) is 5.91 Å². The molecule has 1 aliphatic heterocycles. The first-order chi connectivity index (χ1) is 13.7. The first-order valence-corrected chi connectivity index (χ1v) is 10.1. The number of nitrogens with zero attached hydrogens (tertiary/aromatic N) is 3. The van der Waals surface area contributed by atoms with E-state index in [9.17, 15) is 4.79 Å². The molecule has 0 unspecified atom stereocenters. The highest BCUT2D eigenvalue weighted by Gasteiger charge is 2.35. The second kappa shape index (κ2) is 6.97. The summed E-state index contributed by atoms with van der Waals surface area (Å²) >= 11 is 0. The summed E-state index contributed by atoms with van der Waals surface area (Å²) in [7, 11) is 1.96. The minimum atomic E-state index is 0.194. The van der Waals surface area contributed by atoms with Gasteiger partial charge in [0.1, 0.15) is 11.9 Å². The Kier molecular flexibility index (Phi) is 4.30. The predicted octanol–water partition coefficient (Wildman–Crippen LogP) is 4.02. The van der Waals surface area contributed by atoms with Crippen LogP contribution in [0.25, 0.3) is 22.0 Å². The number of carbonyl (C=O) groups excluding carboxylic acids is 1. The van der Waals surface area contributed by atoms with Crippen molar-refractivity contribution in [3.05, 3.63) is 48.7 Å². The molecular formula is C23H25N3O2. The van der Waals surface area contributed by atoms with Crippen molar-refractivity contribution in [3.8, 4) is 16.9 Å². The summed E-state index contributed by atoms with van der Waals surface area (Å²) in [5.41, 5.74) is 3.47. The Morgan fingerprint density at radius 3 is 2.43 bits per heavy atom. The van der Waals surface area contributed by atoms with Crippen molar-refractivity contribution in [1.29, 1.82) is 0 Å². The van der Waals surface area contributed by atoms with E-state index in [-0.39, 0.29) is 6.10 Å². The Bertz CT molecular complexity index is 996. The van der Waals surface area contributed by atoms with Gasteiger partial charge in [-0.05, 0) is 42.2 Å². The molecule has 28 heavy (non-hydrogen) atoms. The summed E-state index contributed by atoms with van der Waals surface area (Å²) in [6, 6.07) is 14.7. The van der Waals surface area contributed by atoms with Crippen LogP contribution in [-0.4, -0.2) is 39.8 Å². The average molecular weight is 375 g/mol. The third-order valence-electron chi connectivity index (χ3n) is 5.92. The first-order valence-electron chi connectivity index (χ1n) is 10.1. The Balaban J connectivity index is 1.22. The summed E-state index contributed by atoms with van der Waals surface area (Å²) < 4.78 is 8.07. The molecule has 0 bridgehead atoms. The van der Waals surface area contributed by atoms with Crippen LogP contribution in [0.1, 0.15) is 25.7 Å². The molecule has 5 rings (SSSR count). The van der Waals surface area contributed by atoms with E-state index in [1.54, 1.807) is 0 Å². The average Bonchev–Trinajstić information content (AvgIpc) is 3.52. The molecule has 144 valence electrons. The van der Waals surface area contributed by atoms with Crippen LogP contribution in [0.5, 0.6) is 5.75 Å². The van der Waals surface area contributed by atoms with Crippen LogP contribution in [0.4, 0.5) is 0 Å². The number of ether oxygens (including phenoxy) is 1. The molecule has 2 aromatic carbocycles. The number of benzene rings is 2. The second-order valence-corrected chi connectivity index (χ2v) is 7.98. The Morgan fingerprint density at radius 2 is 1.71 bits per heavy atom. The maximum atomic E-state index is 12.2. The maximum absolute atomic E-state index is 12.2. The molecule has 0 N–H and O–H groups in total. The summed E-state index contributed by atoms with van der Waals surface area (Å²) in [5, 5.41) is 5.46. The molecule has 2 aliphatic rings. The van der Waals surface area contributed by atoms with Crippen LogP contribution in [0.15, 0.2) is 48.7 Å². The second-order valence-electron chi connectivity index (χ2n) is 7.98. The SMILES string of the molecule is Cn1ncc2ccc(-c3ccc(OC4CCN(C(=O)C5CC5)CC4)cc3)cc21. The molecule has 2 heterocycles. The number of carbonyl (C=O) groups is 1. The number of fused-ring (bicyclic) bond motifs is 1. The van der Waals surface area contributed by atoms with Crippen molar-refractivity contribution in [3.63, 3.8) is 0 Å². The van der Waals surface area contributed by atoms with Crippen LogP contribution in [0.2, 0.25) is 0 Å². The number of amides is 1. The number of likely N-dealkylation sites (tertiary alicyclic amines) is 1. The quantitative estimate of drug-likeness (QED) is 0.692. The Hall–Kier alpha value is -2.82. The lowest BCUT2D eigenvalue weighted by Crippen LogP contribution is -2.42. The number of hydrogen-bond donors (Lipinski definition) is 0. The lowest BCUT2D eigenvalue weighted by molar-refractivity contribution is -0.134. The number of aromatic nitrogens is 2. The van der Waals surface area contributed by atoms with Crippen molar-refractivity contribution in [2.45, 2.75) is 31.8 Å². The third-order valence-corrected chi connectivity index (χ3v) is 5.92. The fourth-order valence-corrected chi connectivity index (χ4v) is 4.02. The number of hydrogen-bond acceptors (Lipinski definition) is 3. The summed E-state index contributed by atoms with van der Waals surface area (Å²) in [4.78, 5) is 14.2. The fourth-order valence-electron chi connectivity index (χ4n) is 4.02. The van der Waals surface area contributed by atoms with E-state index in [2.05, 4.69) is 35.4 Å². The van der Waals surface area contributed by atoms with Gasteiger partial charge >= 0.3 is 0 Å². The van der Waals surface area contributed by atoms with Crippen LogP contribution in [0, 0.1) is 5.92 Å². The van der Waals surface area contributed by atoms with Crippen molar-refractivity contribution < 1.29 is 9.53 Å². The smallest absolute Gasteiger partial charge is 0.225 e. The molecule has 0 spiro atoms. The van der Waals surface area contributed by atoms with E-state index in [0.717, 1.165) is 55.4 Å². The van der Waals surface area contributed by atoms with Gasteiger partial charge < -0.3 is 9.64 Å². The molecular weight excluding hydrogens is 350 g/mol. The van der Waals surface area contributed by atoms with Crippen LogP contribution < -0.4 is 4.74 Å². The van der Waals surface area contributed by atoms with Crippen molar-refractivity contribution >= 4 is 16.8 Å². The number of rotatable bonds is 4. The minimum Gasteiger partial charge on any atom is -0.490 e. The summed E-state index contributed by atoms with van der Waals surface area (Å²) in [6.45, 7) is 1.64. The van der Waals surface area contributed by atoms with Crippen LogP contribution in [-0.2, 0) is 11.8 Å². The largest absolute Gasteiger partial charge is 0.490 e. The van der Waals surface area contributed by atoms with Crippen molar-refractivity contribution in [2.75, 3.05) is 13.1 Å². The molecule has 2 fully saturated rings. The van der Waals surface area contributed by atoms with E-state index in [4.69, 9.17) is 4.74 Å². The standard InChI is InChI=1S/C23H25N3O2/c1-25-22-14-18(4-5-19(22)15-24-25)16-6-8-20(9-7-16)28-21-10-12-26(13-11-21)23(27)17-2-3-17/h4-9,14-15,17,21H,2-3,10-13H2,1H3. The highest BCUT2D eigenvalue weighted by molar-refractivity contribution is 5.84. The molecule has 5 heteroatoms. The van der Waals surface area contributed by atoms with Crippen LogP contribution in [0.3, 0.4) is 0 Å². The van der Waals surface area contributed by atoms with Gasteiger partial charge in [0.25, 0.3) is 0 Å². The highest BCUT2D eigenvalue weighted by atomic mass is 16.5. The van der Waals surface area contributed by atoms with Gasteiger partial charge in [-0.2, -0.15) is 5.10 Å². The van der Waals surface area contributed by atoms with Gasteiger partial charge in [-0.15, -0.1) is 0 Å². The molecule has 5 nitrogen and oxygen atoms in total. The topological polar surface area (TPSA) is 47.4 Å². The van der Waals surface area contributed by atoms with Crippen LogP contribution >= 0.6 is 0 Å². The van der Waals surface area contributed by atoms with Gasteiger partial charge in [0.05, 0.1) is 11.7 Å². The van der Waals surface area contributed by atoms with Gasteiger partial charge in [0.15, 0.2) is 0 Å². The van der Waals surface area contributed by atoms with Gasteiger partial charge in [-0.3, -0.25) is 9.48 Å². The third kappa shape index (κ3) is 3.37. The van der Waals surface area contributed by atoms with Crippen molar-refractivity contribution in [2.24, 2.45) is 13.0 Å². The zero-order valence-corrected chi connectivity index (χ0v) is 16.2. The van der Waals surface area contributed by atoms with Gasteiger partial charge in [0, 0.05) is 44.3 Å². The summed E-state index contributed by atoms with van der Waals surface area (Å²) in [6.07, 6.45) is 6.07. The zero-order valence-electron chi connectivity index (χ0n) is 16.2. The molecule has 1 amide bonds. The van der Waals surface area contributed by atoms with Gasteiger partial charge in [-0.1, -0.05) is 24.3 Å². The van der Waals surface area contributed by atoms with E-state index >= 15 is 0 Å². The lowest BCUT2D eigenvalue weighted by atomic mass is 10.0. The number of aryl methyl sites for hydroxylation is 1. The molecule has 1 aromatic heterocycles. The van der Waals surface area contributed by atoms with Crippen molar-refractivity contribution in [1.82, 2.24) is 14.7 Å². The van der Waals surface area contributed by atoms with E-state index < -0.39 is 0 Å². The fraction of sp³-hybridized carbons (Fsp3) is 0.391. The first kappa shape index (κ1) is 17.3. The lowest BCUT2D eigenvalue weighted by Gasteiger charge is -2.32. The molecule has 0 radical (unpaired) electrons. The highest BCUT2D eigenvalue weighted by Crippen LogP contribution is 2.32. The molecule has 3 aromatic rings.